The normalized spacial score (nSPS) is 15.8. The summed E-state index contributed by atoms with van der Waals surface area (Å²) in [5, 5.41) is 1.19. The molecule has 2 heterocycles. The summed E-state index contributed by atoms with van der Waals surface area (Å²) in [5.41, 5.74) is 3.34. The Morgan fingerprint density at radius 1 is 1.00 bits per heavy atom. The van der Waals surface area contributed by atoms with Gasteiger partial charge >= 0.3 is 0 Å². The van der Waals surface area contributed by atoms with Gasteiger partial charge in [0.15, 0.2) is 5.16 Å². The van der Waals surface area contributed by atoms with Gasteiger partial charge in [0.1, 0.15) is 11.0 Å². The second-order valence-electron chi connectivity index (χ2n) is 6.07. The molecule has 5 heteroatoms. The first-order valence-electron chi connectivity index (χ1n) is 8.41. The van der Waals surface area contributed by atoms with Gasteiger partial charge in [0.2, 0.25) is 0 Å². The van der Waals surface area contributed by atoms with Crippen molar-refractivity contribution in [1.29, 1.82) is 0 Å². The van der Waals surface area contributed by atoms with E-state index in [4.69, 9.17) is 16.6 Å². The highest BCUT2D eigenvalue weighted by molar-refractivity contribution is 7.98. The molecule has 0 N–H and O–H groups in total. The van der Waals surface area contributed by atoms with Crippen LogP contribution in [0.25, 0.3) is 6.08 Å². The molecular weight excluding hydrogens is 362 g/mol. The third-order valence-electron chi connectivity index (χ3n) is 4.43. The van der Waals surface area contributed by atoms with Gasteiger partial charge in [-0.2, -0.15) is 0 Å². The smallest absolute Gasteiger partial charge is 0.190 e. The summed E-state index contributed by atoms with van der Waals surface area (Å²) in [6.07, 6.45) is 6.18. The van der Waals surface area contributed by atoms with Gasteiger partial charge < -0.3 is 4.90 Å². The first kappa shape index (κ1) is 17.1. The van der Waals surface area contributed by atoms with Crippen LogP contribution in [0.5, 0.6) is 0 Å². The minimum atomic E-state index is 0.101. The Hall–Kier alpha value is -2.30. The Balaban J connectivity index is 1.83. The molecule has 0 amide bonds. The number of halogens is 1. The van der Waals surface area contributed by atoms with Crippen LogP contribution >= 0.6 is 23.4 Å². The molecule has 1 unspecified atom stereocenters. The lowest BCUT2D eigenvalue weighted by Crippen LogP contribution is -2.31. The van der Waals surface area contributed by atoms with Crippen LogP contribution in [-0.2, 0) is 6.54 Å². The van der Waals surface area contributed by atoms with E-state index in [9.17, 15) is 0 Å². The lowest BCUT2D eigenvalue weighted by Gasteiger charge is -2.35. The molecule has 0 saturated heterocycles. The lowest BCUT2D eigenvalue weighted by molar-refractivity contribution is 0.693. The van der Waals surface area contributed by atoms with E-state index in [0.717, 1.165) is 17.9 Å². The van der Waals surface area contributed by atoms with Gasteiger partial charge in [-0.25, -0.2) is 9.97 Å². The molecule has 0 aliphatic carbocycles. The zero-order valence-electron chi connectivity index (χ0n) is 14.3. The van der Waals surface area contributed by atoms with Gasteiger partial charge in [-0.1, -0.05) is 90.1 Å². The van der Waals surface area contributed by atoms with Gasteiger partial charge in [0.05, 0.1) is 11.6 Å². The fraction of sp³-hybridized carbons (Fsp3) is 0.143. The van der Waals surface area contributed by atoms with E-state index < -0.39 is 0 Å². The van der Waals surface area contributed by atoms with Gasteiger partial charge in [0, 0.05) is 6.54 Å². The first-order valence-corrected chi connectivity index (χ1v) is 10.0. The maximum absolute atomic E-state index is 6.45. The van der Waals surface area contributed by atoms with E-state index in [0.29, 0.717) is 10.3 Å². The second kappa shape index (κ2) is 7.52. The molecule has 0 spiro atoms. The maximum atomic E-state index is 6.45. The molecule has 4 rings (SSSR count). The maximum Gasteiger partial charge on any atom is 0.190 e. The van der Waals surface area contributed by atoms with Crippen LogP contribution in [0.15, 0.2) is 71.9 Å². The van der Waals surface area contributed by atoms with Gasteiger partial charge in [-0.3, -0.25) is 0 Å². The second-order valence-corrected chi connectivity index (χ2v) is 7.20. The van der Waals surface area contributed by atoms with Crippen molar-refractivity contribution < 1.29 is 0 Å². The van der Waals surface area contributed by atoms with E-state index in [1.165, 1.54) is 22.9 Å². The van der Waals surface area contributed by atoms with E-state index in [1.54, 1.807) is 0 Å². The molecule has 0 bridgehead atoms. The third kappa shape index (κ3) is 3.35. The Morgan fingerprint density at radius 3 is 2.38 bits per heavy atom. The summed E-state index contributed by atoms with van der Waals surface area (Å²) in [5.74, 6) is 0.884. The molecule has 3 nitrogen and oxygen atoms in total. The summed E-state index contributed by atoms with van der Waals surface area (Å²) in [7, 11) is 0. The Morgan fingerprint density at radius 2 is 1.69 bits per heavy atom. The average Bonchev–Trinajstić information content (AvgIpc) is 2.69. The van der Waals surface area contributed by atoms with Crippen LogP contribution in [0.4, 0.5) is 5.82 Å². The van der Waals surface area contributed by atoms with Gasteiger partial charge in [-0.15, -0.1) is 0 Å². The third-order valence-corrected chi connectivity index (χ3v) is 5.27. The summed E-state index contributed by atoms with van der Waals surface area (Å²) < 4.78 is 0. The lowest BCUT2D eigenvalue weighted by atomic mass is 9.99. The van der Waals surface area contributed by atoms with Crippen LogP contribution in [0.2, 0.25) is 5.15 Å². The van der Waals surface area contributed by atoms with Crippen LogP contribution in [0, 0.1) is 0 Å². The van der Waals surface area contributed by atoms with Crippen LogP contribution in [0.1, 0.15) is 22.7 Å². The fourth-order valence-electron chi connectivity index (χ4n) is 3.18. The van der Waals surface area contributed by atoms with Crippen LogP contribution < -0.4 is 4.90 Å². The van der Waals surface area contributed by atoms with E-state index in [2.05, 4.69) is 64.5 Å². The number of nitrogens with zero attached hydrogens (tertiary/aromatic N) is 3. The van der Waals surface area contributed by atoms with Crippen molar-refractivity contribution in [2.24, 2.45) is 0 Å². The predicted octanol–water partition coefficient (Wildman–Crippen LogP) is 5.63. The number of hydrogen-bond acceptors (Lipinski definition) is 4. The summed E-state index contributed by atoms with van der Waals surface area (Å²) in [4.78, 5) is 11.5. The molecule has 1 aliphatic heterocycles. The topological polar surface area (TPSA) is 29.0 Å². The molecule has 0 saturated carbocycles. The minimum absolute atomic E-state index is 0.101. The highest BCUT2D eigenvalue weighted by Crippen LogP contribution is 2.39. The zero-order chi connectivity index (χ0) is 17.9. The van der Waals surface area contributed by atoms with Crippen molar-refractivity contribution in [2.45, 2.75) is 17.7 Å². The van der Waals surface area contributed by atoms with Crippen molar-refractivity contribution in [2.75, 3.05) is 11.2 Å². The van der Waals surface area contributed by atoms with E-state index in [-0.39, 0.29) is 6.04 Å². The largest absolute Gasteiger partial charge is 0.341 e. The highest BCUT2D eigenvalue weighted by Gasteiger charge is 2.27. The molecular formula is C21H18ClN3S. The van der Waals surface area contributed by atoms with Gasteiger partial charge in [0.25, 0.3) is 0 Å². The summed E-state index contributed by atoms with van der Waals surface area (Å²) >= 11 is 7.95. The van der Waals surface area contributed by atoms with Crippen LogP contribution in [0.3, 0.4) is 0 Å². The zero-order valence-corrected chi connectivity index (χ0v) is 15.9. The number of rotatable bonds is 4. The quantitative estimate of drug-likeness (QED) is 0.334. The number of benzene rings is 2. The van der Waals surface area contributed by atoms with Crippen molar-refractivity contribution in [1.82, 2.24) is 9.97 Å². The Kier molecular flexibility index (Phi) is 4.96. The standard InChI is InChI=1S/C21H18ClN3S/c1-26-21-23-19(22)17-12-13-18(16-10-6-3-7-11-16)25(20(17)24-21)14-15-8-4-2-5-9-15/h2-13,18H,14H2,1H3. The molecule has 0 radical (unpaired) electrons. The molecule has 130 valence electrons. The average molecular weight is 380 g/mol. The predicted molar refractivity (Wildman–Crippen MR) is 110 cm³/mol. The fourth-order valence-corrected chi connectivity index (χ4v) is 3.82. The van der Waals surface area contributed by atoms with Crippen molar-refractivity contribution in [3.63, 3.8) is 0 Å². The number of fused-ring (bicyclic) bond motifs is 1. The van der Waals surface area contributed by atoms with Crippen molar-refractivity contribution in [3.05, 3.63) is 88.6 Å². The monoisotopic (exact) mass is 379 g/mol. The minimum Gasteiger partial charge on any atom is -0.341 e. The molecule has 3 aromatic rings. The Labute approximate surface area is 162 Å². The number of hydrogen-bond donors (Lipinski definition) is 0. The summed E-state index contributed by atoms with van der Waals surface area (Å²) in [6, 6.07) is 21.0. The number of anilines is 1. The molecule has 1 atom stereocenters. The molecule has 26 heavy (non-hydrogen) atoms. The number of aromatic nitrogens is 2. The van der Waals surface area contributed by atoms with E-state index in [1.807, 2.05) is 24.5 Å². The first-order chi connectivity index (χ1) is 12.8. The molecule has 1 aromatic heterocycles. The molecule has 2 aromatic carbocycles. The van der Waals surface area contributed by atoms with Gasteiger partial charge in [-0.05, 0) is 23.5 Å². The summed E-state index contributed by atoms with van der Waals surface area (Å²) in [6.45, 7) is 0.749. The highest BCUT2D eigenvalue weighted by atomic mass is 35.5. The Bertz CT molecular complexity index is 929. The van der Waals surface area contributed by atoms with Crippen LogP contribution in [-0.4, -0.2) is 16.2 Å². The van der Waals surface area contributed by atoms with Crippen molar-refractivity contribution >= 4 is 35.3 Å². The molecule has 0 fully saturated rings. The van der Waals surface area contributed by atoms with Crippen molar-refractivity contribution in [3.8, 4) is 0 Å². The number of thioether (sulfide) groups is 1. The SMILES string of the molecule is CSc1nc(Cl)c2c(n1)N(Cc1ccccc1)C(c1ccccc1)C=C2. The van der Waals surface area contributed by atoms with E-state index >= 15 is 0 Å². The molecule has 1 aliphatic rings.